The number of halogens is 1. The van der Waals surface area contributed by atoms with Crippen molar-refractivity contribution in [1.82, 2.24) is 0 Å². The molecule has 3 aromatic carbocycles. The number of carbonyl (C=O) groups excluding carboxylic acids is 1. The maximum atomic E-state index is 11.7. The molecule has 3 aromatic rings. The molecule has 27 heavy (non-hydrogen) atoms. The monoisotopic (exact) mass is 374 g/mol. The van der Waals surface area contributed by atoms with E-state index in [2.05, 4.69) is 22.3 Å². The molecule has 0 spiro atoms. The third kappa shape index (κ3) is 6.03. The van der Waals surface area contributed by atoms with E-state index in [1.165, 1.54) is 6.21 Å². The fourth-order valence-electron chi connectivity index (χ4n) is 2.16. The van der Waals surface area contributed by atoms with Gasteiger partial charge in [0.05, 0.1) is 6.21 Å². The lowest BCUT2D eigenvalue weighted by Crippen LogP contribution is -2.10. The van der Waals surface area contributed by atoms with Crippen LogP contribution in [-0.2, 0) is 4.84 Å². The third-order valence-corrected chi connectivity index (χ3v) is 3.68. The van der Waals surface area contributed by atoms with Crippen LogP contribution in [0.3, 0.4) is 0 Å². The molecule has 5 heteroatoms. The van der Waals surface area contributed by atoms with Crippen molar-refractivity contribution in [2.45, 2.75) is 0 Å². The molecule has 0 aromatic heterocycles. The lowest BCUT2D eigenvalue weighted by atomic mass is 10.1. The number of nitrogens with zero attached hydrogens (tertiary/aromatic N) is 1. The minimum Gasteiger partial charge on any atom is -0.298 e. The van der Waals surface area contributed by atoms with Gasteiger partial charge in [0.15, 0.2) is 0 Å². The minimum atomic E-state index is -0.695. The van der Waals surface area contributed by atoms with Gasteiger partial charge in [-0.15, -0.1) is 0 Å². The second-order valence-electron chi connectivity index (χ2n) is 5.49. The summed E-state index contributed by atoms with van der Waals surface area (Å²) in [6.45, 7) is 0. The summed E-state index contributed by atoms with van der Waals surface area (Å²) in [7, 11) is 0. The van der Waals surface area contributed by atoms with Crippen LogP contribution in [0, 0.1) is 11.8 Å². The molecule has 0 aliphatic rings. The van der Waals surface area contributed by atoms with E-state index < -0.39 is 6.09 Å². The van der Waals surface area contributed by atoms with Crippen LogP contribution in [0.25, 0.3) is 0 Å². The Hall–Kier alpha value is -3.55. The molecule has 3 rings (SSSR count). The van der Waals surface area contributed by atoms with Gasteiger partial charge >= 0.3 is 6.09 Å². The average Bonchev–Trinajstić information content (AvgIpc) is 2.68. The lowest BCUT2D eigenvalue weighted by molar-refractivity contribution is 0.167. The van der Waals surface area contributed by atoms with Gasteiger partial charge in [-0.25, -0.2) is 4.79 Å². The Labute approximate surface area is 162 Å². The molecule has 0 saturated carbocycles. The van der Waals surface area contributed by atoms with Gasteiger partial charge in [0.25, 0.3) is 0 Å². The smallest absolute Gasteiger partial charge is 0.298 e. The number of hydrogen-bond donors (Lipinski definition) is 1. The molecule has 0 fully saturated rings. The van der Waals surface area contributed by atoms with Gasteiger partial charge in [0, 0.05) is 21.8 Å². The van der Waals surface area contributed by atoms with E-state index >= 15 is 0 Å². The summed E-state index contributed by atoms with van der Waals surface area (Å²) in [4.78, 5) is 16.5. The molecule has 0 unspecified atom stereocenters. The van der Waals surface area contributed by atoms with Gasteiger partial charge in [-0.2, -0.15) is 0 Å². The molecular weight excluding hydrogens is 360 g/mol. The third-order valence-electron chi connectivity index (χ3n) is 3.44. The maximum absolute atomic E-state index is 11.7. The van der Waals surface area contributed by atoms with Crippen molar-refractivity contribution in [3.05, 3.63) is 101 Å². The standard InChI is InChI=1S/C22H15ClN2O2/c23-20-7-4-8-21(15-20)25-22(26)27-24-16-19-13-11-18(12-14-19)10-9-17-5-2-1-3-6-17/h1-8,11-16H,(H,25,26)/b24-16+. The summed E-state index contributed by atoms with van der Waals surface area (Å²) in [5.74, 6) is 6.19. The summed E-state index contributed by atoms with van der Waals surface area (Å²) in [6, 6.07) is 24.0. The van der Waals surface area contributed by atoms with E-state index in [4.69, 9.17) is 16.4 Å². The summed E-state index contributed by atoms with van der Waals surface area (Å²) >= 11 is 5.85. The van der Waals surface area contributed by atoms with E-state index in [0.717, 1.165) is 16.7 Å². The van der Waals surface area contributed by atoms with Gasteiger partial charge in [-0.05, 0) is 48.0 Å². The summed E-state index contributed by atoms with van der Waals surface area (Å²) in [6.07, 6.45) is 0.755. The summed E-state index contributed by atoms with van der Waals surface area (Å²) in [5.41, 5.74) is 3.16. The molecule has 1 N–H and O–H groups in total. The van der Waals surface area contributed by atoms with Crippen molar-refractivity contribution in [3.8, 4) is 11.8 Å². The van der Waals surface area contributed by atoms with Crippen molar-refractivity contribution < 1.29 is 9.63 Å². The number of rotatable bonds is 3. The summed E-state index contributed by atoms with van der Waals surface area (Å²) < 4.78 is 0. The molecule has 0 heterocycles. The van der Waals surface area contributed by atoms with E-state index in [1.54, 1.807) is 24.3 Å². The molecule has 4 nitrogen and oxygen atoms in total. The van der Waals surface area contributed by atoms with Gasteiger partial charge in [0.2, 0.25) is 0 Å². The quantitative estimate of drug-likeness (QED) is 0.292. The van der Waals surface area contributed by atoms with Gasteiger partial charge < -0.3 is 0 Å². The van der Waals surface area contributed by atoms with Gasteiger partial charge in [0.1, 0.15) is 0 Å². The van der Waals surface area contributed by atoms with Gasteiger partial charge in [-0.1, -0.05) is 65.0 Å². The van der Waals surface area contributed by atoms with Crippen LogP contribution in [0.5, 0.6) is 0 Å². The Kier molecular flexibility index (Phi) is 6.24. The SMILES string of the molecule is O=C(Nc1cccc(Cl)c1)O/N=C/c1ccc(C#Cc2ccccc2)cc1. The second kappa shape index (κ2) is 9.23. The fourth-order valence-corrected chi connectivity index (χ4v) is 2.35. The van der Waals surface area contributed by atoms with Crippen LogP contribution in [0.2, 0.25) is 5.02 Å². The zero-order chi connectivity index (χ0) is 18.9. The summed E-state index contributed by atoms with van der Waals surface area (Å²) in [5, 5.41) is 6.73. The van der Waals surface area contributed by atoms with Crippen LogP contribution >= 0.6 is 11.6 Å². The number of benzene rings is 3. The molecule has 0 radical (unpaired) electrons. The number of carbonyl (C=O) groups is 1. The second-order valence-corrected chi connectivity index (χ2v) is 5.92. The van der Waals surface area contributed by atoms with Crippen molar-refractivity contribution in [3.63, 3.8) is 0 Å². The van der Waals surface area contributed by atoms with E-state index in [0.29, 0.717) is 10.7 Å². The number of nitrogens with one attached hydrogen (secondary N) is 1. The van der Waals surface area contributed by atoms with Crippen molar-refractivity contribution >= 4 is 29.6 Å². The zero-order valence-electron chi connectivity index (χ0n) is 14.2. The number of anilines is 1. The molecule has 0 atom stereocenters. The predicted molar refractivity (Wildman–Crippen MR) is 108 cm³/mol. The first-order valence-corrected chi connectivity index (χ1v) is 8.51. The predicted octanol–water partition coefficient (Wildman–Crippen LogP) is 5.32. The molecule has 0 aliphatic carbocycles. The largest absolute Gasteiger partial charge is 0.437 e. The number of amides is 1. The number of oxime groups is 1. The topological polar surface area (TPSA) is 50.7 Å². The van der Waals surface area contributed by atoms with E-state index in [1.807, 2.05) is 54.6 Å². The Bertz CT molecular complexity index is 1000. The molecule has 1 amide bonds. The maximum Gasteiger partial charge on any atom is 0.437 e. The van der Waals surface area contributed by atoms with Crippen LogP contribution in [0.1, 0.15) is 16.7 Å². The van der Waals surface area contributed by atoms with Crippen LogP contribution in [-0.4, -0.2) is 12.3 Å². The first kappa shape index (κ1) is 18.2. The highest BCUT2D eigenvalue weighted by atomic mass is 35.5. The van der Waals surface area contributed by atoms with Crippen molar-refractivity contribution in [2.75, 3.05) is 5.32 Å². The Morgan fingerprint density at radius 3 is 2.33 bits per heavy atom. The highest BCUT2D eigenvalue weighted by Gasteiger charge is 2.02. The minimum absolute atomic E-state index is 0.520. The first-order chi connectivity index (χ1) is 13.2. The van der Waals surface area contributed by atoms with Crippen molar-refractivity contribution in [2.24, 2.45) is 5.16 Å². The first-order valence-electron chi connectivity index (χ1n) is 8.13. The highest BCUT2D eigenvalue weighted by molar-refractivity contribution is 6.30. The van der Waals surface area contributed by atoms with E-state index in [-0.39, 0.29) is 0 Å². The molecule has 0 aliphatic heterocycles. The van der Waals surface area contributed by atoms with Crippen LogP contribution in [0.15, 0.2) is 84.0 Å². The Balaban J connectivity index is 1.53. The zero-order valence-corrected chi connectivity index (χ0v) is 15.0. The highest BCUT2D eigenvalue weighted by Crippen LogP contribution is 2.15. The molecule has 0 saturated heterocycles. The average molecular weight is 375 g/mol. The fraction of sp³-hybridized carbons (Fsp3) is 0. The Morgan fingerprint density at radius 1 is 0.926 bits per heavy atom. The van der Waals surface area contributed by atoms with Gasteiger partial charge in [-0.3, -0.25) is 10.2 Å². The van der Waals surface area contributed by atoms with Crippen LogP contribution in [0.4, 0.5) is 10.5 Å². The van der Waals surface area contributed by atoms with E-state index in [9.17, 15) is 4.79 Å². The Morgan fingerprint density at radius 2 is 1.63 bits per heavy atom. The number of hydrogen-bond acceptors (Lipinski definition) is 3. The van der Waals surface area contributed by atoms with Crippen LogP contribution < -0.4 is 5.32 Å². The molecule has 0 bridgehead atoms. The lowest BCUT2D eigenvalue weighted by Gasteiger charge is -2.02. The molecular formula is C22H15ClN2O2. The van der Waals surface area contributed by atoms with Crippen molar-refractivity contribution in [1.29, 1.82) is 0 Å². The normalized spacial score (nSPS) is 10.1. The molecule has 132 valence electrons.